The van der Waals surface area contributed by atoms with Crippen molar-refractivity contribution in [1.29, 1.82) is 0 Å². The number of nitrogens with zero attached hydrogens (tertiary/aromatic N) is 2. The third kappa shape index (κ3) is 2.27. The average molecular weight is 184 g/mol. The molecule has 0 bridgehead atoms. The molecule has 4 nitrogen and oxygen atoms in total. The second-order valence-corrected chi connectivity index (χ2v) is 2.56. The van der Waals surface area contributed by atoms with Gasteiger partial charge in [0.05, 0.1) is 0 Å². The van der Waals surface area contributed by atoms with E-state index in [4.69, 9.17) is 5.73 Å². The monoisotopic (exact) mass is 184 g/mol. The van der Waals surface area contributed by atoms with E-state index in [2.05, 4.69) is 15.3 Å². The number of nitrogens with one attached hydrogen (secondary N) is 1. The highest BCUT2D eigenvalue weighted by atomic mass is 19.1. The van der Waals surface area contributed by atoms with Crippen molar-refractivity contribution in [1.82, 2.24) is 9.97 Å². The van der Waals surface area contributed by atoms with Gasteiger partial charge in [-0.1, -0.05) is 6.92 Å². The van der Waals surface area contributed by atoms with Gasteiger partial charge in [0.15, 0.2) is 0 Å². The predicted octanol–water partition coefficient (Wildman–Crippen LogP) is 1.00. The van der Waals surface area contributed by atoms with Gasteiger partial charge in [-0.15, -0.1) is 0 Å². The number of aromatic nitrogens is 2. The highest BCUT2D eigenvalue weighted by molar-refractivity contribution is 5.54. The number of rotatable bonds is 4. The van der Waals surface area contributed by atoms with E-state index in [0.29, 0.717) is 11.6 Å². The summed E-state index contributed by atoms with van der Waals surface area (Å²) < 4.78 is 11.9. The Morgan fingerprint density at radius 3 is 2.92 bits per heavy atom. The summed E-state index contributed by atoms with van der Waals surface area (Å²) >= 11 is 0. The maximum absolute atomic E-state index is 11.9. The van der Waals surface area contributed by atoms with Crippen molar-refractivity contribution in [2.75, 3.05) is 24.3 Å². The number of hydrogen-bond acceptors (Lipinski definition) is 4. The van der Waals surface area contributed by atoms with Crippen LogP contribution in [0.25, 0.3) is 0 Å². The van der Waals surface area contributed by atoms with Crippen LogP contribution in [0.4, 0.5) is 16.0 Å². The van der Waals surface area contributed by atoms with Crippen molar-refractivity contribution >= 4 is 11.6 Å². The van der Waals surface area contributed by atoms with E-state index < -0.39 is 6.67 Å². The van der Waals surface area contributed by atoms with Gasteiger partial charge in [0.1, 0.15) is 24.6 Å². The Morgan fingerprint density at radius 1 is 1.54 bits per heavy atom. The number of nitrogen functional groups attached to an aromatic ring is 1. The lowest BCUT2D eigenvalue weighted by Crippen LogP contribution is -2.09. The molecule has 0 aliphatic carbocycles. The van der Waals surface area contributed by atoms with Crippen LogP contribution in [0.2, 0.25) is 0 Å². The molecule has 0 unspecified atom stereocenters. The third-order valence-electron chi connectivity index (χ3n) is 1.72. The number of halogens is 1. The first-order valence-electron chi connectivity index (χ1n) is 4.18. The first-order valence-corrected chi connectivity index (χ1v) is 4.18. The largest absolute Gasteiger partial charge is 0.383 e. The lowest BCUT2D eigenvalue weighted by atomic mass is 10.2. The van der Waals surface area contributed by atoms with Gasteiger partial charge in [0.25, 0.3) is 0 Å². The van der Waals surface area contributed by atoms with Crippen LogP contribution in [0.1, 0.15) is 12.5 Å². The molecule has 13 heavy (non-hydrogen) atoms. The van der Waals surface area contributed by atoms with E-state index in [9.17, 15) is 4.39 Å². The minimum atomic E-state index is -0.424. The molecule has 1 rings (SSSR count). The van der Waals surface area contributed by atoms with E-state index in [0.717, 1.165) is 12.0 Å². The average Bonchev–Trinajstić information content (AvgIpc) is 2.15. The summed E-state index contributed by atoms with van der Waals surface area (Å²) in [6.07, 6.45) is 2.11. The topological polar surface area (TPSA) is 63.8 Å². The molecule has 0 spiro atoms. The zero-order valence-electron chi connectivity index (χ0n) is 7.55. The van der Waals surface area contributed by atoms with Crippen molar-refractivity contribution in [3.05, 3.63) is 11.9 Å². The molecular formula is C8H13FN4. The Labute approximate surface area is 76.4 Å². The van der Waals surface area contributed by atoms with Gasteiger partial charge in [0, 0.05) is 12.1 Å². The molecule has 0 aromatic carbocycles. The summed E-state index contributed by atoms with van der Waals surface area (Å²) in [5, 5.41) is 2.85. The number of alkyl halides is 1. The van der Waals surface area contributed by atoms with Crippen molar-refractivity contribution in [2.24, 2.45) is 0 Å². The Hall–Kier alpha value is -1.39. The second-order valence-electron chi connectivity index (χ2n) is 2.56. The smallest absolute Gasteiger partial charge is 0.134 e. The molecule has 0 amide bonds. The minimum Gasteiger partial charge on any atom is -0.383 e. The number of nitrogens with two attached hydrogens (primary N) is 1. The van der Waals surface area contributed by atoms with E-state index in [1.54, 1.807) is 0 Å². The molecule has 0 aliphatic heterocycles. The molecule has 5 heteroatoms. The molecule has 3 N–H and O–H groups in total. The van der Waals surface area contributed by atoms with Crippen LogP contribution in [0.3, 0.4) is 0 Å². The molecular weight excluding hydrogens is 171 g/mol. The van der Waals surface area contributed by atoms with Gasteiger partial charge in [-0.2, -0.15) is 0 Å². The fourth-order valence-electron chi connectivity index (χ4n) is 1.09. The highest BCUT2D eigenvalue weighted by Crippen LogP contribution is 2.16. The standard InChI is InChI=1S/C8H13FN4/c1-2-6-7(10)12-5-13-8(6)11-4-3-9/h5H,2-4H2,1H3,(H3,10,11,12,13). The molecule has 0 fully saturated rings. The Balaban J connectivity index is 2.85. The fraction of sp³-hybridized carbons (Fsp3) is 0.500. The quantitative estimate of drug-likeness (QED) is 0.732. The Bertz CT molecular complexity index is 277. The fourth-order valence-corrected chi connectivity index (χ4v) is 1.09. The molecule has 1 heterocycles. The van der Waals surface area contributed by atoms with Crippen molar-refractivity contribution in [3.63, 3.8) is 0 Å². The summed E-state index contributed by atoms with van der Waals surface area (Å²) in [5.74, 6) is 1.09. The van der Waals surface area contributed by atoms with Crippen LogP contribution in [0, 0.1) is 0 Å². The second kappa shape index (κ2) is 4.59. The minimum absolute atomic E-state index is 0.253. The van der Waals surface area contributed by atoms with Gasteiger partial charge in [-0.3, -0.25) is 0 Å². The molecule has 0 saturated heterocycles. The molecule has 1 aromatic rings. The van der Waals surface area contributed by atoms with Gasteiger partial charge in [-0.05, 0) is 6.42 Å². The van der Waals surface area contributed by atoms with Crippen LogP contribution < -0.4 is 11.1 Å². The Kier molecular flexibility index (Phi) is 3.42. The van der Waals surface area contributed by atoms with Gasteiger partial charge >= 0.3 is 0 Å². The number of anilines is 2. The zero-order valence-corrected chi connectivity index (χ0v) is 7.55. The van der Waals surface area contributed by atoms with Crippen LogP contribution in [-0.4, -0.2) is 23.2 Å². The van der Waals surface area contributed by atoms with E-state index in [-0.39, 0.29) is 6.54 Å². The molecule has 72 valence electrons. The highest BCUT2D eigenvalue weighted by Gasteiger charge is 2.05. The predicted molar refractivity (Wildman–Crippen MR) is 50.3 cm³/mol. The van der Waals surface area contributed by atoms with Crippen molar-refractivity contribution in [2.45, 2.75) is 13.3 Å². The third-order valence-corrected chi connectivity index (χ3v) is 1.72. The first-order chi connectivity index (χ1) is 6.29. The summed E-state index contributed by atoms with van der Waals surface area (Å²) in [4.78, 5) is 7.83. The van der Waals surface area contributed by atoms with Gasteiger partial charge < -0.3 is 11.1 Å². The van der Waals surface area contributed by atoms with Crippen LogP contribution in [0.15, 0.2) is 6.33 Å². The molecule has 0 radical (unpaired) electrons. The van der Waals surface area contributed by atoms with Crippen LogP contribution in [0.5, 0.6) is 0 Å². The zero-order chi connectivity index (χ0) is 9.68. The summed E-state index contributed by atoms with van der Waals surface area (Å²) in [5.41, 5.74) is 6.46. The molecule has 0 aliphatic rings. The Morgan fingerprint density at radius 2 is 2.31 bits per heavy atom. The van der Waals surface area contributed by atoms with Crippen molar-refractivity contribution in [3.8, 4) is 0 Å². The normalized spacial score (nSPS) is 10.0. The summed E-state index contributed by atoms with van der Waals surface area (Å²) in [6.45, 7) is 1.78. The van der Waals surface area contributed by atoms with E-state index in [1.807, 2.05) is 6.92 Å². The van der Waals surface area contributed by atoms with Gasteiger partial charge in [-0.25, -0.2) is 14.4 Å². The van der Waals surface area contributed by atoms with E-state index in [1.165, 1.54) is 6.33 Å². The molecule has 0 saturated carbocycles. The maximum Gasteiger partial charge on any atom is 0.134 e. The van der Waals surface area contributed by atoms with E-state index >= 15 is 0 Å². The SMILES string of the molecule is CCc1c(N)ncnc1NCCF. The summed E-state index contributed by atoms with van der Waals surface area (Å²) in [7, 11) is 0. The molecule has 0 atom stereocenters. The maximum atomic E-state index is 11.9. The molecule has 1 aromatic heterocycles. The van der Waals surface area contributed by atoms with Crippen molar-refractivity contribution < 1.29 is 4.39 Å². The van der Waals surface area contributed by atoms with Crippen LogP contribution >= 0.6 is 0 Å². The summed E-state index contributed by atoms with van der Waals surface area (Å²) in [6, 6.07) is 0. The lowest BCUT2D eigenvalue weighted by Gasteiger charge is -2.08. The van der Waals surface area contributed by atoms with Crippen LogP contribution in [-0.2, 0) is 6.42 Å². The lowest BCUT2D eigenvalue weighted by molar-refractivity contribution is 0.512. The number of hydrogen-bond donors (Lipinski definition) is 2. The first kappa shape index (κ1) is 9.70. The van der Waals surface area contributed by atoms with Gasteiger partial charge in [0.2, 0.25) is 0 Å².